The Morgan fingerprint density at radius 2 is 1.23 bits per heavy atom. The van der Waals surface area contributed by atoms with Crippen LogP contribution in [-0.4, -0.2) is 5.78 Å². The van der Waals surface area contributed by atoms with Crippen LogP contribution >= 0.6 is 0 Å². The van der Waals surface area contributed by atoms with Gasteiger partial charge in [0.25, 0.3) is 0 Å². The maximum Gasteiger partial charge on any atom is 0.194 e. The van der Waals surface area contributed by atoms with Crippen LogP contribution in [0.25, 0.3) is 32.7 Å². The lowest BCUT2D eigenvalue weighted by molar-refractivity contribution is 0.104. The van der Waals surface area contributed by atoms with Crippen molar-refractivity contribution in [3.8, 4) is 11.1 Å². The summed E-state index contributed by atoms with van der Waals surface area (Å²) in [6.45, 7) is 0. The SMILES string of the molecule is O=C1c2ccccc2-c2cc3ccc4ccccc4c3cc21. The van der Waals surface area contributed by atoms with Crippen molar-refractivity contribution in [2.24, 2.45) is 0 Å². The van der Waals surface area contributed by atoms with E-state index in [1.165, 1.54) is 16.2 Å². The molecule has 0 aliphatic heterocycles. The Morgan fingerprint density at radius 3 is 2.14 bits per heavy atom. The van der Waals surface area contributed by atoms with Crippen molar-refractivity contribution in [3.63, 3.8) is 0 Å². The minimum absolute atomic E-state index is 0.139. The molecule has 0 bridgehead atoms. The van der Waals surface area contributed by atoms with Crippen molar-refractivity contribution in [2.45, 2.75) is 0 Å². The highest BCUT2D eigenvalue weighted by Crippen LogP contribution is 2.40. The van der Waals surface area contributed by atoms with Crippen LogP contribution in [0.3, 0.4) is 0 Å². The van der Waals surface area contributed by atoms with Crippen molar-refractivity contribution >= 4 is 27.3 Å². The lowest BCUT2D eigenvalue weighted by Gasteiger charge is -2.07. The fraction of sp³-hybridized carbons (Fsp3) is 0. The summed E-state index contributed by atoms with van der Waals surface area (Å²) in [5, 5.41) is 4.74. The van der Waals surface area contributed by atoms with Gasteiger partial charge in [0.2, 0.25) is 0 Å². The van der Waals surface area contributed by atoms with Crippen molar-refractivity contribution < 1.29 is 4.79 Å². The molecular formula is C21H12O. The molecule has 22 heavy (non-hydrogen) atoms. The summed E-state index contributed by atoms with van der Waals surface area (Å²) >= 11 is 0. The smallest absolute Gasteiger partial charge is 0.194 e. The van der Waals surface area contributed by atoms with E-state index in [-0.39, 0.29) is 5.78 Å². The normalized spacial score (nSPS) is 12.6. The van der Waals surface area contributed by atoms with Crippen molar-refractivity contribution in [1.29, 1.82) is 0 Å². The molecule has 0 fully saturated rings. The van der Waals surface area contributed by atoms with Gasteiger partial charge in [-0.25, -0.2) is 0 Å². The van der Waals surface area contributed by atoms with Crippen molar-refractivity contribution in [3.05, 3.63) is 83.9 Å². The van der Waals surface area contributed by atoms with E-state index in [9.17, 15) is 4.79 Å². The Labute approximate surface area is 127 Å². The molecule has 0 spiro atoms. The van der Waals surface area contributed by atoms with E-state index in [4.69, 9.17) is 0 Å². The van der Waals surface area contributed by atoms with Crippen molar-refractivity contribution in [2.75, 3.05) is 0 Å². The zero-order valence-electron chi connectivity index (χ0n) is 11.8. The third-order valence-electron chi connectivity index (χ3n) is 4.59. The average molecular weight is 280 g/mol. The first-order valence-corrected chi connectivity index (χ1v) is 7.42. The molecule has 1 nitrogen and oxygen atoms in total. The van der Waals surface area contributed by atoms with Crippen LogP contribution in [0.15, 0.2) is 72.8 Å². The van der Waals surface area contributed by atoms with E-state index in [0.29, 0.717) is 0 Å². The first-order chi connectivity index (χ1) is 10.8. The van der Waals surface area contributed by atoms with Crippen LogP contribution in [0.4, 0.5) is 0 Å². The van der Waals surface area contributed by atoms with Crippen LogP contribution in [0.1, 0.15) is 15.9 Å². The third kappa shape index (κ3) is 1.40. The first-order valence-electron chi connectivity index (χ1n) is 7.42. The molecule has 0 radical (unpaired) electrons. The summed E-state index contributed by atoms with van der Waals surface area (Å²) in [4.78, 5) is 12.7. The highest BCUT2D eigenvalue weighted by molar-refractivity contribution is 6.24. The van der Waals surface area contributed by atoms with E-state index in [2.05, 4.69) is 36.4 Å². The second-order valence-electron chi connectivity index (χ2n) is 5.78. The Kier molecular flexibility index (Phi) is 2.15. The molecule has 4 aromatic rings. The van der Waals surface area contributed by atoms with E-state index < -0.39 is 0 Å². The number of hydrogen-bond acceptors (Lipinski definition) is 1. The van der Waals surface area contributed by atoms with Gasteiger partial charge in [0.1, 0.15) is 0 Å². The van der Waals surface area contributed by atoms with Gasteiger partial charge in [-0.2, -0.15) is 0 Å². The van der Waals surface area contributed by atoms with Gasteiger partial charge < -0.3 is 0 Å². The van der Waals surface area contributed by atoms with Crippen LogP contribution in [0.5, 0.6) is 0 Å². The quantitative estimate of drug-likeness (QED) is 0.356. The van der Waals surface area contributed by atoms with Gasteiger partial charge in [0, 0.05) is 11.1 Å². The monoisotopic (exact) mass is 280 g/mol. The molecule has 0 heterocycles. The largest absolute Gasteiger partial charge is 0.289 e. The number of hydrogen-bond donors (Lipinski definition) is 0. The lowest BCUT2D eigenvalue weighted by atomic mass is 9.96. The number of carbonyl (C=O) groups excluding carboxylic acids is 1. The van der Waals surface area contributed by atoms with Crippen LogP contribution in [-0.2, 0) is 0 Å². The highest BCUT2D eigenvalue weighted by Gasteiger charge is 2.26. The summed E-state index contributed by atoms with van der Waals surface area (Å²) in [7, 11) is 0. The third-order valence-corrected chi connectivity index (χ3v) is 4.59. The molecule has 0 saturated carbocycles. The van der Waals surface area contributed by atoms with E-state index in [1.807, 2.05) is 36.4 Å². The number of carbonyl (C=O) groups is 1. The fourth-order valence-corrected chi connectivity index (χ4v) is 3.53. The summed E-state index contributed by atoms with van der Waals surface area (Å²) in [5.74, 6) is 0.139. The van der Waals surface area contributed by atoms with Crippen molar-refractivity contribution in [1.82, 2.24) is 0 Å². The minimum Gasteiger partial charge on any atom is -0.289 e. The van der Waals surface area contributed by atoms with Gasteiger partial charge in [0.05, 0.1) is 0 Å². The molecule has 1 aliphatic carbocycles. The minimum atomic E-state index is 0.139. The van der Waals surface area contributed by atoms with Gasteiger partial charge in [-0.1, -0.05) is 60.7 Å². The van der Waals surface area contributed by atoms with Gasteiger partial charge in [-0.3, -0.25) is 4.79 Å². The van der Waals surface area contributed by atoms with Crippen LogP contribution < -0.4 is 0 Å². The topological polar surface area (TPSA) is 17.1 Å². The number of ketones is 1. The number of fused-ring (bicyclic) bond motifs is 6. The average Bonchev–Trinajstić information content (AvgIpc) is 2.86. The van der Waals surface area contributed by atoms with E-state index in [1.54, 1.807) is 0 Å². The summed E-state index contributed by atoms with van der Waals surface area (Å²) in [6.07, 6.45) is 0. The van der Waals surface area contributed by atoms with E-state index >= 15 is 0 Å². The Morgan fingerprint density at radius 1 is 0.500 bits per heavy atom. The van der Waals surface area contributed by atoms with Gasteiger partial charge in [-0.15, -0.1) is 0 Å². The van der Waals surface area contributed by atoms with Gasteiger partial charge in [0.15, 0.2) is 5.78 Å². The number of benzene rings is 4. The molecule has 1 aliphatic rings. The van der Waals surface area contributed by atoms with Gasteiger partial charge in [-0.05, 0) is 44.8 Å². The second-order valence-corrected chi connectivity index (χ2v) is 5.78. The molecule has 5 rings (SSSR count). The summed E-state index contributed by atoms with van der Waals surface area (Å²) in [5.41, 5.74) is 3.75. The van der Waals surface area contributed by atoms with Gasteiger partial charge >= 0.3 is 0 Å². The lowest BCUT2D eigenvalue weighted by Crippen LogP contribution is -1.94. The molecule has 102 valence electrons. The highest BCUT2D eigenvalue weighted by atomic mass is 16.1. The molecular weight excluding hydrogens is 268 g/mol. The number of rotatable bonds is 0. The second kappa shape index (κ2) is 4.05. The molecule has 0 N–H and O–H groups in total. The van der Waals surface area contributed by atoms with E-state index in [0.717, 1.165) is 27.6 Å². The fourth-order valence-electron chi connectivity index (χ4n) is 3.53. The maximum atomic E-state index is 12.7. The summed E-state index contributed by atoms with van der Waals surface area (Å²) in [6, 6.07) is 24.7. The predicted octanol–water partition coefficient (Wildman–Crippen LogP) is 5.20. The summed E-state index contributed by atoms with van der Waals surface area (Å²) < 4.78 is 0. The molecule has 1 heteroatoms. The molecule has 0 unspecified atom stereocenters. The molecule has 4 aromatic carbocycles. The Balaban J connectivity index is 1.94. The predicted molar refractivity (Wildman–Crippen MR) is 90.3 cm³/mol. The zero-order valence-corrected chi connectivity index (χ0v) is 11.8. The zero-order chi connectivity index (χ0) is 14.7. The molecule has 0 atom stereocenters. The first kappa shape index (κ1) is 11.7. The maximum absolute atomic E-state index is 12.7. The van der Waals surface area contributed by atoms with Crippen LogP contribution in [0, 0.1) is 0 Å². The standard InChI is InChI=1S/C21H12O/c22-21-17-8-4-3-7-16(17)19-11-14-10-9-13-5-1-2-6-15(13)18(14)12-20(19)21/h1-12H. The Hall–Kier alpha value is -2.93. The molecule has 0 saturated heterocycles. The molecule has 0 aromatic heterocycles. The Bertz CT molecular complexity index is 1090. The molecule has 0 amide bonds. The van der Waals surface area contributed by atoms with Crippen LogP contribution in [0.2, 0.25) is 0 Å².